The molecule has 1 aliphatic heterocycles. The smallest absolute Gasteiger partial charge is 0.147 e. The van der Waals surface area contributed by atoms with Crippen molar-refractivity contribution in [1.82, 2.24) is 20.1 Å². The number of benzene rings is 1. The van der Waals surface area contributed by atoms with Gasteiger partial charge in [-0.2, -0.15) is 5.10 Å². The van der Waals surface area contributed by atoms with Gasteiger partial charge in [-0.05, 0) is 67.9 Å². The molecule has 0 radical (unpaired) electrons. The van der Waals surface area contributed by atoms with Crippen LogP contribution < -0.4 is 10.6 Å². The van der Waals surface area contributed by atoms with Crippen LogP contribution in [0.3, 0.4) is 0 Å². The number of aliphatic imine (C=N–C) groups is 2. The minimum atomic E-state index is -0.162. The van der Waals surface area contributed by atoms with Gasteiger partial charge >= 0.3 is 0 Å². The van der Waals surface area contributed by atoms with Crippen LogP contribution in [0, 0.1) is 12.8 Å². The SMILES string of the molecule is C=C1N=C(/C(=C\C)C(=C)CC)Nc2cc(-n3cnc(C)n3)cc(c2)C(C)(C)C(C)CN=C/C(=C\C)N1. The van der Waals surface area contributed by atoms with Gasteiger partial charge in [0.25, 0.3) is 0 Å². The third-order valence-corrected chi connectivity index (χ3v) is 6.83. The van der Waals surface area contributed by atoms with Crippen LogP contribution in [0.1, 0.15) is 59.4 Å². The molecule has 0 saturated carbocycles. The molecule has 1 unspecified atom stereocenters. The number of aromatic nitrogens is 3. The van der Waals surface area contributed by atoms with E-state index in [4.69, 9.17) is 9.98 Å². The summed E-state index contributed by atoms with van der Waals surface area (Å²) in [6, 6.07) is 6.43. The molecule has 2 N–H and O–H groups in total. The van der Waals surface area contributed by atoms with Gasteiger partial charge in [-0.1, -0.05) is 53.0 Å². The van der Waals surface area contributed by atoms with Gasteiger partial charge in [-0.3, -0.25) is 4.99 Å². The van der Waals surface area contributed by atoms with Crippen LogP contribution in [-0.4, -0.2) is 33.4 Å². The minimum Gasteiger partial charge on any atom is -0.340 e. The van der Waals surface area contributed by atoms with E-state index >= 15 is 0 Å². The van der Waals surface area contributed by atoms with Crippen molar-refractivity contribution < 1.29 is 0 Å². The topological polar surface area (TPSA) is 79.5 Å². The quantitative estimate of drug-likeness (QED) is 0.501. The van der Waals surface area contributed by atoms with Crippen LogP contribution in [0.4, 0.5) is 5.69 Å². The molecule has 1 aromatic heterocycles. The number of allylic oxidation sites excluding steroid dienone is 3. The molecule has 1 atom stereocenters. The van der Waals surface area contributed by atoms with Crippen LogP contribution >= 0.6 is 0 Å². The first-order valence-electron chi connectivity index (χ1n) is 12.5. The van der Waals surface area contributed by atoms with E-state index in [0.29, 0.717) is 18.2 Å². The number of hydrogen-bond donors (Lipinski definition) is 2. The molecule has 2 heterocycles. The van der Waals surface area contributed by atoms with Gasteiger partial charge in [0.05, 0.1) is 11.4 Å². The van der Waals surface area contributed by atoms with Gasteiger partial charge in [0.2, 0.25) is 0 Å². The number of hydrogen-bond acceptors (Lipinski definition) is 6. The maximum Gasteiger partial charge on any atom is 0.147 e. The molecule has 7 heteroatoms. The van der Waals surface area contributed by atoms with Gasteiger partial charge in [0.15, 0.2) is 0 Å². The zero-order chi connectivity index (χ0) is 26.5. The predicted octanol–water partition coefficient (Wildman–Crippen LogP) is 6.26. The van der Waals surface area contributed by atoms with Gasteiger partial charge in [-0.15, -0.1) is 0 Å². The number of nitrogens with one attached hydrogen (secondary N) is 2. The first-order chi connectivity index (χ1) is 17.1. The Morgan fingerprint density at radius 1 is 1.22 bits per heavy atom. The highest BCUT2D eigenvalue weighted by atomic mass is 15.3. The number of anilines is 1. The monoisotopic (exact) mass is 485 g/mol. The maximum atomic E-state index is 4.85. The van der Waals surface area contributed by atoms with E-state index in [0.717, 1.165) is 40.5 Å². The Bertz CT molecular complexity index is 1250. The summed E-state index contributed by atoms with van der Waals surface area (Å²) in [7, 11) is 0. The summed E-state index contributed by atoms with van der Waals surface area (Å²) >= 11 is 0. The molecule has 0 amide bonds. The summed E-state index contributed by atoms with van der Waals surface area (Å²) in [5.41, 5.74) is 5.62. The molecule has 1 aromatic carbocycles. The van der Waals surface area contributed by atoms with E-state index in [-0.39, 0.29) is 11.3 Å². The minimum absolute atomic E-state index is 0.162. The second kappa shape index (κ2) is 11.3. The zero-order valence-corrected chi connectivity index (χ0v) is 22.7. The van der Waals surface area contributed by atoms with E-state index in [1.165, 1.54) is 5.56 Å². The van der Waals surface area contributed by atoms with E-state index in [2.05, 4.69) is 79.8 Å². The van der Waals surface area contributed by atoms with E-state index in [9.17, 15) is 0 Å². The summed E-state index contributed by atoms with van der Waals surface area (Å²) in [6.45, 7) is 23.8. The lowest BCUT2D eigenvalue weighted by Crippen LogP contribution is -2.29. The fourth-order valence-corrected chi connectivity index (χ4v) is 3.98. The van der Waals surface area contributed by atoms with Gasteiger partial charge < -0.3 is 10.6 Å². The lowest BCUT2D eigenvalue weighted by atomic mass is 9.74. The van der Waals surface area contributed by atoms with Crippen molar-refractivity contribution in [3.05, 3.63) is 83.9 Å². The van der Waals surface area contributed by atoms with Gasteiger partial charge in [0.1, 0.15) is 23.8 Å². The summed E-state index contributed by atoms with van der Waals surface area (Å²) in [5.74, 6) is 2.18. The van der Waals surface area contributed by atoms with Crippen molar-refractivity contribution in [3.63, 3.8) is 0 Å². The Labute approximate surface area is 215 Å². The number of nitrogens with zero attached hydrogens (tertiary/aromatic N) is 5. The third kappa shape index (κ3) is 6.08. The van der Waals surface area contributed by atoms with E-state index < -0.39 is 0 Å². The average Bonchev–Trinajstić information content (AvgIpc) is 3.28. The maximum absolute atomic E-state index is 4.85. The molecule has 3 rings (SSSR count). The number of amidine groups is 1. The first-order valence-corrected chi connectivity index (χ1v) is 12.5. The van der Waals surface area contributed by atoms with Crippen LogP contribution in [0.25, 0.3) is 5.69 Å². The largest absolute Gasteiger partial charge is 0.340 e. The second-order valence-electron chi connectivity index (χ2n) is 9.68. The van der Waals surface area contributed by atoms with Crippen molar-refractivity contribution in [3.8, 4) is 5.69 Å². The molecule has 2 bridgehead atoms. The Morgan fingerprint density at radius 3 is 2.58 bits per heavy atom. The van der Waals surface area contributed by atoms with Crippen LogP contribution in [-0.2, 0) is 5.41 Å². The van der Waals surface area contributed by atoms with Crippen LogP contribution in [0.15, 0.2) is 82.5 Å². The third-order valence-electron chi connectivity index (χ3n) is 6.83. The molecule has 7 nitrogen and oxygen atoms in total. The Hall–Kier alpha value is -3.74. The number of fused-ring (bicyclic) bond motifs is 2. The Morgan fingerprint density at radius 2 is 1.97 bits per heavy atom. The number of rotatable bonds is 4. The molecule has 190 valence electrons. The van der Waals surface area contributed by atoms with Crippen molar-refractivity contribution in [2.75, 3.05) is 11.9 Å². The summed E-state index contributed by atoms with van der Waals surface area (Å²) in [5, 5.41) is 11.4. The number of aryl methyl sites for hydroxylation is 1. The van der Waals surface area contributed by atoms with Crippen molar-refractivity contribution >= 4 is 17.7 Å². The standard InChI is InChI=1S/C29H39N7/c1-10-19(4)27(12-3)28-33-22(7)32-24(11-2)17-30-16-20(5)29(8,9)23-13-25(34-28)15-26(14-23)36-18-31-21(6)35-36/h11-15,17-18,20,32H,4,7,10,16H2,1-3,5-6,8-9H3,(H,33,34)/b24-11+,27-12-,30-17?. The molecule has 36 heavy (non-hydrogen) atoms. The van der Waals surface area contributed by atoms with Crippen molar-refractivity contribution in [2.45, 2.75) is 60.3 Å². The van der Waals surface area contributed by atoms with E-state index in [1.54, 1.807) is 6.33 Å². The molecule has 2 aromatic rings. The van der Waals surface area contributed by atoms with Crippen molar-refractivity contribution in [2.24, 2.45) is 15.9 Å². The highest BCUT2D eigenvalue weighted by Crippen LogP contribution is 2.35. The summed E-state index contributed by atoms with van der Waals surface area (Å²) in [6.07, 6.45) is 8.40. The molecular weight excluding hydrogens is 446 g/mol. The Balaban J connectivity index is 2.25. The lowest BCUT2D eigenvalue weighted by Gasteiger charge is -2.32. The predicted molar refractivity (Wildman–Crippen MR) is 152 cm³/mol. The van der Waals surface area contributed by atoms with Gasteiger partial charge in [0, 0.05) is 24.0 Å². The van der Waals surface area contributed by atoms with E-state index in [1.807, 2.05) is 43.8 Å². The Kier molecular flexibility index (Phi) is 8.45. The zero-order valence-electron chi connectivity index (χ0n) is 22.7. The summed E-state index contributed by atoms with van der Waals surface area (Å²) in [4.78, 5) is 13.9. The first kappa shape index (κ1) is 26.9. The molecular formula is C29H39N7. The van der Waals surface area contributed by atoms with Gasteiger partial charge in [-0.25, -0.2) is 14.7 Å². The lowest BCUT2D eigenvalue weighted by molar-refractivity contribution is 0.353. The fraction of sp³-hybridized carbons (Fsp3) is 0.379. The average molecular weight is 486 g/mol. The summed E-state index contributed by atoms with van der Waals surface area (Å²) < 4.78 is 1.81. The molecule has 0 aliphatic carbocycles. The second-order valence-corrected chi connectivity index (χ2v) is 9.68. The fourth-order valence-electron chi connectivity index (χ4n) is 3.98. The molecule has 0 fully saturated rings. The molecule has 1 aliphatic rings. The normalized spacial score (nSPS) is 19.8. The molecule has 0 spiro atoms. The molecule has 0 saturated heterocycles. The van der Waals surface area contributed by atoms with Crippen molar-refractivity contribution in [1.29, 1.82) is 0 Å². The van der Waals surface area contributed by atoms with Crippen LogP contribution in [0.2, 0.25) is 0 Å². The highest BCUT2D eigenvalue weighted by Gasteiger charge is 2.29. The highest BCUT2D eigenvalue weighted by molar-refractivity contribution is 6.11. The van der Waals surface area contributed by atoms with Crippen LogP contribution in [0.5, 0.6) is 0 Å².